The molecule has 128 valence electrons. The molecule has 1 aromatic heterocycles. The van der Waals surface area contributed by atoms with Crippen LogP contribution in [-0.2, 0) is 9.47 Å². The second-order valence-corrected chi connectivity index (χ2v) is 6.60. The lowest BCUT2D eigenvalue weighted by Crippen LogP contribution is -2.25. The van der Waals surface area contributed by atoms with E-state index in [2.05, 4.69) is 5.16 Å². The van der Waals surface area contributed by atoms with Gasteiger partial charge in [0.05, 0.1) is 30.5 Å². The van der Waals surface area contributed by atoms with Crippen molar-refractivity contribution in [3.05, 3.63) is 23.3 Å². The zero-order chi connectivity index (χ0) is 16.8. The number of amides is 1. The van der Waals surface area contributed by atoms with Crippen molar-refractivity contribution in [2.75, 3.05) is 31.3 Å². The number of aliphatic hydroxyl groups is 1. The highest BCUT2D eigenvalue weighted by Crippen LogP contribution is 2.38. The molecule has 2 fully saturated rings. The smallest absolute Gasteiger partial charge is 0.287 e. The van der Waals surface area contributed by atoms with Gasteiger partial charge in [-0.25, -0.2) is 4.39 Å². The Morgan fingerprint density at radius 1 is 1.33 bits per heavy atom. The van der Waals surface area contributed by atoms with Crippen molar-refractivity contribution in [3.8, 4) is 0 Å². The first-order valence-corrected chi connectivity index (χ1v) is 8.07. The second-order valence-electron chi connectivity index (χ2n) is 5.35. The van der Waals surface area contributed by atoms with E-state index in [1.807, 2.05) is 0 Å². The Bertz CT molecular complexity index is 808. The molecule has 1 aromatic carbocycles. The zero-order valence-electron chi connectivity index (χ0n) is 12.2. The van der Waals surface area contributed by atoms with Gasteiger partial charge < -0.3 is 19.1 Å². The molecule has 2 saturated heterocycles. The number of nitrogens with zero attached hydrogens (tertiary/aromatic N) is 2. The summed E-state index contributed by atoms with van der Waals surface area (Å²) >= 11 is 0.955. The Hall–Kier alpha value is -1.75. The number of aliphatic hydroxyl groups excluding tert-OH is 1. The molecule has 7 nitrogen and oxygen atoms in total. The first kappa shape index (κ1) is 15.8. The van der Waals surface area contributed by atoms with Gasteiger partial charge in [-0.1, -0.05) is 16.9 Å². The summed E-state index contributed by atoms with van der Waals surface area (Å²) in [6.07, 6.45) is -1.01. The van der Waals surface area contributed by atoms with Crippen molar-refractivity contribution < 1.29 is 32.7 Å². The fraction of sp³-hybridized carbons (Fsp3) is 0.429. The number of benzene rings is 1. The molecule has 10 heteroatoms. The number of anilines is 1. The lowest BCUT2D eigenvalue weighted by molar-refractivity contribution is -0.0467. The number of rotatable bonds is 3. The Morgan fingerprint density at radius 3 is 2.75 bits per heavy atom. The molecule has 3 heterocycles. The van der Waals surface area contributed by atoms with Gasteiger partial charge in [-0.3, -0.25) is 9.69 Å². The van der Waals surface area contributed by atoms with Gasteiger partial charge in [0.2, 0.25) is 11.4 Å². The van der Waals surface area contributed by atoms with Gasteiger partial charge in [0.1, 0.15) is 0 Å². The standard InChI is InChI=1S/C14H12F2N2O5S/c15-9-7(13-21-1-2-22-13)3-8-11(10(9)16)23-17-12(8)18-4-6(5-19)24-14(18)20/h3,6,13,19H,1-2,4-5H2. The van der Waals surface area contributed by atoms with E-state index in [-0.39, 0.29) is 59.2 Å². The molecule has 0 aliphatic carbocycles. The summed E-state index contributed by atoms with van der Waals surface area (Å²) in [5.41, 5.74) is -0.491. The molecule has 0 radical (unpaired) electrons. The zero-order valence-corrected chi connectivity index (χ0v) is 13.0. The number of halogens is 2. The number of carbonyl (C=O) groups excluding carboxylic acids is 1. The minimum absolute atomic E-state index is 0.0802. The highest BCUT2D eigenvalue weighted by atomic mass is 32.2. The SMILES string of the molecule is O=C1SC(CO)CN1c1noc2c(F)c(F)c(C3OCCO3)cc12. The third-order valence-electron chi connectivity index (χ3n) is 3.86. The fourth-order valence-corrected chi connectivity index (χ4v) is 3.59. The van der Waals surface area contributed by atoms with Gasteiger partial charge in [0, 0.05) is 12.1 Å². The first-order valence-electron chi connectivity index (χ1n) is 7.19. The van der Waals surface area contributed by atoms with Crippen molar-refractivity contribution in [1.82, 2.24) is 5.16 Å². The fourth-order valence-electron chi connectivity index (χ4n) is 2.72. The van der Waals surface area contributed by atoms with Crippen LogP contribution in [0.2, 0.25) is 0 Å². The van der Waals surface area contributed by atoms with Gasteiger partial charge >= 0.3 is 0 Å². The van der Waals surface area contributed by atoms with Crippen LogP contribution in [0.15, 0.2) is 10.6 Å². The van der Waals surface area contributed by atoms with Crippen LogP contribution < -0.4 is 4.90 Å². The van der Waals surface area contributed by atoms with Crippen molar-refractivity contribution in [3.63, 3.8) is 0 Å². The molecule has 24 heavy (non-hydrogen) atoms. The number of hydrogen-bond donors (Lipinski definition) is 1. The summed E-state index contributed by atoms with van der Waals surface area (Å²) in [7, 11) is 0. The Morgan fingerprint density at radius 2 is 2.08 bits per heavy atom. The third-order valence-corrected chi connectivity index (χ3v) is 4.92. The number of aromatic nitrogens is 1. The average molecular weight is 358 g/mol. The van der Waals surface area contributed by atoms with Crippen LogP contribution in [0.1, 0.15) is 11.9 Å². The minimum Gasteiger partial charge on any atom is -0.395 e. The van der Waals surface area contributed by atoms with Gasteiger partial charge in [-0.05, 0) is 6.07 Å². The molecule has 1 atom stereocenters. The van der Waals surface area contributed by atoms with Crippen LogP contribution in [0.25, 0.3) is 11.0 Å². The lowest BCUT2D eigenvalue weighted by Gasteiger charge is -2.13. The van der Waals surface area contributed by atoms with Gasteiger partial charge in [-0.2, -0.15) is 4.39 Å². The molecule has 2 aliphatic heterocycles. The van der Waals surface area contributed by atoms with E-state index in [1.165, 1.54) is 11.0 Å². The van der Waals surface area contributed by atoms with Crippen molar-refractivity contribution in [1.29, 1.82) is 0 Å². The van der Waals surface area contributed by atoms with Gasteiger partial charge in [0.15, 0.2) is 17.9 Å². The molecule has 1 unspecified atom stereocenters. The highest BCUT2D eigenvalue weighted by Gasteiger charge is 2.36. The van der Waals surface area contributed by atoms with E-state index < -0.39 is 17.9 Å². The van der Waals surface area contributed by atoms with E-state index in [4.69, 9.17) is 14.0 Å². The minimum atomic E-state index is -1.21. The first-order chi connectivity index (χ1) is 11.6. The third kappa shape index (κ3) is 2.37. The Kier molecular flexibility index (Phi) is 3.91. The summed E-state index contributed by atoms with van der Waals surface area (Å²) in [6, 6.07) is 1.32. The molecule has 4 rings (SSSR count). The molecule has 2 aromatic rings. The van der Waals surface area contributed by atoms with Gasteiger partial charge in [0.25, 0.3) is 5.24 Å². The van der Waals surface area contributed by atoms with E-state index in [0.29, 0.717) is 0 Å². The molecule has 2 aliphatic rings. The molecule has 1 N–H and O–H groups in total. The number of carbonyl (C=O) groups is 1. The summed E-state index contributed by atoms with van der Waals surface area (Å²) in [6.45, 7) is 0.576. The van der Waals surface area contributed by atoms with E-state index in [1.54, 1.807) is 0 Å². The van der Waals surface area contributed by atoms with E-state index >= 15 is 0 Å². The molecular weight excluding hydrogens is 346 g/mol. The number of fused-ring (bicyclic) bond motifs is 1. The molecule has 0 bridgehead atoms. The van der Waals surface area contributed by atoms with Crippen molar-refractivity contribution in [2.45, 2.75) is 11.5 Å². The Balaban J connectivity index is 1.82. The van der Waals surface area contributed by atoms with Crippen molar-refractivity contribution >= 4 is 33.8 Å². The number of hydrogen-bond acceptors (Lipinski definition) is 7. The predicted octanol–water partition coefficient (Wildman–Crippen LogP) is 2.19. The normalized spacial score (nSPS) is 22.2. The quantitative estimate of drug-likeness (QED) is 0.900. The largest absolute Gasteiger partial charge is 0.395 e. The summed E-state index contributed by atoms with van der Waals surface area (Å²) < 4.78 is 43.8. The molecule has 1 amide bonds. The summed E-state index contributed by atoms with van der Waals surface area (Å²) in [4.78, 5) is 13.3. The summed E-state index contributed by atoms with van der Waals surface area (Å²) in [5.74, 6) is -2.26. The van der Waals surface area contributed by atoms with Crippen molar-refractivity contribution in [2.24, 2.45) is 0 Å². The summed E-state index contributed by atoms with van der Waals surface area (Å²) in [5, 5.41) is 12.4. The topological polar surface area (TPSA) is 85.0 Å². The Labute approximate surface area is 138 Å². The predicted molar refractivity (Wildman–Crippen MR) is 79.8 cm³/mol. The lowest BCUT2D eigenvalue weighted by atomic mass is 10.1. The number of thioether (sulfide) groups is 1. The molecular formula is C14H12F2N2O5S. The second kappa shape index (κ2) is 5.96. The maximum absolute atomic E-state index is 14.3. The van der Waals surface area contributed by atoms with Crippen LogP contribution >= 0.6 is 11.8 Å². The van der Waals surface area contributed by atoms with Crippen LogP contribution in [0.3, 0.4) is 0 Å². The van der Waals surface area contributed by atoms with Crippen LogP contribution in [0, 0.1) is 11.6 Å². The maximum Gasteiger partial charge on any atom is 0.287 e. The maximum atomic E-state index is 14.3. The van der Waals surface area contributed by atoms with Crippen LogP contribution in [0.5, 0.6) is 0 Å². The van der Waals surface area contributed by atoms with Gasteiger partial charge in [-0.15, -0.1) is 0 Å². The average Bonchev–Trinajstić information content (AvgIpc) is 3.29. The van der Waals surface area contributed by atoms with E-state index in [9.17, 15) is 18.7 Å². The molecule has 0 spiro atoms. The van der Waals surface area contributed by atoms with Crippen LogP contribution in [0.4, 0.5) is 19.4 Å². The highest BCUT2D eigenvalue weighted by molar-refractivity contribution is 8.14. The molecule has 0 saturated carbocycles. The van der Waals surface area contributed by atoms with Crippen LogP contribution in [-0.4, -0.2) is 47.1 Å². The monoisotopic (exact) mass is 358 g/mol. The van der Waals surface area contributed by atoms with E-state index in [0.717, 1.165) is 11.8 Å². The number of ether oxygens (including phenoxy) is 2.